The molecule has 1 aliphatic rings. The zero-order valence-electron chi connectivity index (χ0n) is 5.11. The van der Waals surface area contributed by atoms with Gasteiger partial charge < -0.3 is 4.74 Å². The summed E-state index contributed by atoms with van der Waals surface area (Å²) >= 11 is 1.32. The Morgan fingerprint density at radius 1 is 1.67 bits per heavy atom. The van der Waals surface area contributed by atoms with E-state index >= 15 is 0 Å². The first kappa shape index (κ1) is 6.91. The minimum Gasteiger partial charge on any atom is -0.372 e. The van der Waals surface area contributed by atoms with Gasteiger partial charge in [0.05, 0.1) is 13.2 Å². The summed E-state index contributed by atoms with van der Waals surface area (Å²) in [6, 6.07) is 0. The van der Waals surface area contributed by atoms with Crippen LogP contribution in [0.4, 0.5) is 4.39 Å². The van der Waals surface area contributed by atoms with E-state index in [1.807, 2.05) is 6.26 Å². The molecule has 0 saturated carbocycles. The SMILES string of the molecule is CSC#CC1(F)COC1. The molecule has 9 heavy (non-hydrogen) atoms. The maximum absolute atomic E-state index is 12.8. The van der Waals surface area contributed by atoms with Gasteiger partial charge >= 0.3 is 0 Å². The van der Waals surface area contributed by atoms with E-state index in [9.17, 15) is 4.39 Å². The molecule has 0 aliphatic carbocycles. The minimum absolute atomic E-state index is 0.139. The van der Waals surface area contributed by atoms with Crippen LogP contribution in [0, 0.1) is 11.2 Å². The fourth-order valence-electron chi connectivity index (χ4n) is 0.496. The minimum atomic E-state index is -1.33. The van der Waals surface area contributed by atoms with Gasteiger partial charge in [-0.25, -0.2) is 4.39 Å². The maximum Gasteiger partial charge on any atom is 0.217 e. The van der Waals surface area contributed by atoms with E-state index in [0.29, 0.717) is 0 Å². The molecule has 0 aromatic carbocycles. The number of alkyl halides is 1. The predicted molar refractivity (Wildman–Crippen MR) is 35.9 cm³/mol. The lowest BCUT2D eigenvalue weighted by Crippen LogP contribution is -2.43. The largest absolute Gasteiger partial charge is 0.372 e. The topological polar surface area (TPSA) is 9.23 Å². The average Bonchev–Trinajstić information content (AvgIpc) is 1.79. The number of hydrogen-bond donors (Lipinski definition) is 0. The second kappa shape index (κ2) is 2.59. The monoisotopic (exact) mass is 146 g/mol. The van der Waals surface area contributed by atoms with Crippen LogP contribution < -0.4 is 0 Å². The van der Waals surface area contributed by atoms with Gasteiger partial charge in [-0.15, -0.1) is 0 Å². The number of ether oxygens (including phenoxy) is 1. The van der Waals surface area contributed by atoms with E-state index in [4.69, 9.17) is 0 Å². The fraction of sp³-hybridized carbons (Fsp3) is 0.667. The second-order valence-electron chi connectivity index (χ2n) is 1.89. The van der Waals surface area contributed by atoms with E-state index in [2.05, 4.69) is 15.9 Å². The van der Waals surface area contributed by atoms with Crippen molar-refractivity contribution in [1.82, 2.24) is 0 Å². The number of hydrogen-bond acceptors (Lipinski definition) is 2. The zero-order chi connectivity index (χ0) is 6.74. The van der Waals surface area contributed by atoms with Crippen LogP contribution in [-0.4, -0.2) is 25.1 Å². The van der Waals surface area contributed by atoms with E-state index in [0.717, 1.165) is 0 Å². The Balaban J connectivity index is 2.41. The van der Waals surface area contributed by atoms with Gasteiger partial charge in [0.25, 0.3) is 0 Å². The van der Waals surface area contributed by atoms with Gasteiger partial charge in [-0.05, 0) is 17.4 Å². The molecule has 0 bridgehead atoms. The van der Waals surface area contributed by atoms with Gasteiger partial charge in [0.15, 0.2) is 0 Å². The summed E-state index contributed by atoms with van der Waals surface area (Å²) < 4.78 is 17.4. The van der Waals surface area contributed by atoms with Crippen LogP contribution in [0.5, 0.6) is 0 Å². The van der Waals surface area contributed by atoms with E-state index in [1.54, 1.807) is 0 Å². The fourth-order valence-corrected chi connectivity index (χ4v) is 0.781. The summed E-state index contributed by atoms with van der Waals surface area (Å²) in [6.45, 7) is 0.279. The van der Waals surface area contributed by atoms with E-state index in [-0.39, 0.29) is 13.2 Å². The summed E-state index contributed by atoms with van der Waals surface area (Å²) in [5.74, 6) is 2.47. The Morgan fingerprint density at radius 3 is 2.67 bits per heavy atom. The van der Waals surface area contributed by atoms with Crippen LogP contribution in [0.3, 0.4) is 0 Å². The Morgan fingerprint density at radius 2 is 2.33 bits per heavy atom. The lowest BCUT2D eigenvalue weighted by molar-refractivity contribution is -0.0933. The lowest BCUT2D eigenvalue weighted by atomic mass is 10.1. The molecule has 1 heterocycles. The standard InChI is InChI=1S/C6H7FOS/c1-9-3-2-6(7)4-8-5-6/h4-5H2,1H3. The summed E-state index contributed by atoms with van der Waals surface area (Å²) in [4.78, 5) is 0. The highest BCUT2D eigenvalue weighted by atomic mass is 32.2. The molecular weight excluding hydrogens is 139 g/mol. The van der Waals surface area contributed by atoms with E-state index in [1.165, 1.54) is 11.8 Å². The zero-order valence-corrected chi connectivity index (χ0v) is 5.93. The van der Waals surface area contributed by atoms with Crippen LogP contribution in [0.2, 0.25) is 0 Å². The van der Waals surface area contributed by atoms with Gasteiger partial charge in [-0.3, -0.25) is 0 Å². The van der Waals surface area contributed by atoms with Crippen molar-refractivity contribution >= 4 is 11.8 Å². The van der Waals surface area contributed by atoms with Gasteiger partial charge in [-0.1, -0.05) is 11.8 Å². The molecule has 0 N–H and O–H groups in total. The third kappa shape index (κ3) is 1.60. The van der Waals surface area contributed by atoms with Crippen molar-refractivity contribution in [3.63, 3.8) is 0 Å². The molecule has 1 aliphatic heterocycles. The third-order valence-corrected chi connectivity index (χ3v) is 1.34. The molecule has 0 spiro atoms. The highest BCUT2D eigenvalue weighted by molar-refractivity contribution is 8.03. The molecular formula is C6H7FOS. The third-order valence-electron chi connectivity index (χ3n) is 1.04. The van der Waals surface area contributed by atoms with Crippen LogP contribution in [-0.2, 0) is 4.74 Å². The summed E-state index contributed by atoms with van der Waals surface area (Å²) in [7, 11) is 0. The Hall–Kier alpha value is -0.200. The van der Waals surface area contributed by atoms with Gasteiger partial charge in [0.2, 0.25) is 5.67 Å². The molecule has 0 unspecified atom stereocenters. The molecule has 0 amide bonds. The van der Waals surface area contributed by atoms with Crippen molar-refractivity contribution in [1.29, 1.82) is 0 Å². The van der Waals surface area contributed by atoms with Crippen molar-refractivity contribution in [3.8, 4) is 11.2 Å². The van der Waals surface area contributed by atoms with Gasteiger partial charge in [0.1, 0.15) is 0 Å². The first-order chi connectivity index (χ1) is 4.27. The van der Waals surface area contributed by atoms with Crippen LogP contribution >= 0.6 is 11.8 Å². The van der Waals surface area contributed by atoms with Crippen LogP contribution in [0.25, 0.3) is 0 Å². The van der Waals surface area contributed by atoms with Crippen molar-refractivity contribution in [2.24, 2.45) is 0 Å². The molecule has 1 nitrogen and oxygen atoms in total. The predicted octanol–water partition coefficient (Wildman–Crippen LogP) is 1.05. The number of halogens is 1. The summed E-state index contributed by atoms with van der Waals surface area (Å²) in [5.41, 5.74) is -1.33. The quantitative estimate of drug-likeness (QED) is 0.472. The highest BCUT2D eigenvalue weighted by Gasteiger charge is 2.36. The lowest BCUT2D eigenvalue weighted by Gasteiger charge is -2.28. The molecule has 0 aromatic heterocycles. The molecule has 50 valence electrons. The summed E-state index contributed by atoms with van der Waals surface area (Å²) in [6.07, 6.45) is 1.82. The molecule has 0 atom stereocenters. The molecule has 1 rings (SSSR count). The Bertz CT molecular complexity index is 154. The highest BCUT2D eigenvalue weighted by Crippen LogP contribution is 2.20. The average molecular weight is 146 g/mol. The maximum atomic E-state index is 12.8. The molecule has 1 fully saturated rings. The molecule has 3 heteroatoms. The first-order valence-electron chi connectivity index (χ1n) is 2.59. The molecule has 1 saturated heterocycles. The number of thioether (sulfide) groups is 1. The normalized spacial score (nSPS) is 21.6. The van der Waals surface area contributed by atoms with E-state index < -0.39 is 5.67 Å². The van der Waals surface area contributed by atoms with Crippen LogP contribution in [0.15, 0.2) is 0 Å². The number of rotatable bonds is 0. The summed E-state index contributed by atoms with van der Waals surface area (Å²) in [5, 5.41) is 2.60. The smallest absolute Gasteiger partial charge is 0.217 e. The van der Waals surface area contributed by atoms with Crippen molar-refractivity contribution in [3.05, 3.63) is 0 Å². The van der Waals surface area contributed by atoms with Crippen molar-refractivity contribution in [2.45, 2.75) is 5.67 Å². The van der Waals surface area contributed by atoms with Gasteiger partial charge in [-0.2, -0.15) is 0 Å². The molecule has 0 radical (unpaired) electrons. The van der Waals surface area contributed by atoms with Gasteiger partial charge in [0, 0.05) is 0 Å². The Labute approximate surface area is 58.0 Å². The van der Waals surface area contributed by atoms with Crippen LogP contribution in [0.1, 0.15) is 0 Å². The Kier molecular flexibility index (Phi) is 1.99. The van der Waals surface area contributed by atoms with Crippen molar-refractivity contribution in [2.75, 3.05) is 19.5 Å². The van der Waals surface area contributed by atoms with Crippen molar-refractivity contribution < 1.29 is 9.13 Å². The first-order valence-corrected chi connectivity index (χ1v) is 3.81. The second-order valence-corrected chi connectivity index (χ2v) is 2.50. The molecule has 0 aromatic rings.